The van der Waals surface area contributed by atoms with E-state index in [9.17, 15) is 9.18 Å². The molecule has 0 heterocycles. The molecule has 0 unspecified atom stereocenters. The molecular formula is C13H16ClFN2O. The van der Waals surface area contributed by atoms with E-state index in [0.717, 1.165) is 12.8 Å². The molecule has 1 aromatic rings. The number of carbonyl (C=O) groups excluding carboxylic acids is 1. The third-order valence-electron chi connectivity index (χ3n) is 2.85. The molecule has 0 radical (unpaired) electrons. The molecule has 1 aliphatic carbocycles. The van der Waals surface area contributed by atoms with Gasteiger partial charge in [-0.3, -0.25) is 9.69 Å². The number of amides is 1. The lowest BCUT2D eigenvalue weighted by atomic mass is 10.2. The van der Waals surface area contributed by atoms with E-state index in [1.165, 1.54) is 6.07 Å². The second kappa shape index (κ2) is 5.67. The van der Waals surface area contributed by atoms with E-state index >= 15 is 0 Å². The predicted molar refractivity (Wildman–Crippen MR) is 68.9 cm³/mol. The normalized spacial score (nSPS) is 14.9. The van der Waals surface area contributed by atoms with Crippen molar-refractivity contribution in [3.63, 3.8) is 0 Å². The van der Waals surface area contributed by atoms with E-state index in [4.69, 9.17) is 11.6 Å². The minimum Gasteiger partial charge on any atom is -0.352 e. The molecule has 98 valence electrons. The number of nitrogens with zero attached hydrogens (tertiary/aromatic N) is 1. The van der Waals surface area contributed by atoms with E-state index in [2.05, 4.69) is 5.32 Å². The van der Waals surface area contributed by atoms with Crippen LogP contribution in [0.5, 0.6) is 0 Å². The van der Waals surface area contributed by atoms with Gasteiger partial charge in [-0.1, -0.05) is 17.7 Å². The zero-order valence-electron chi connectivity index (χ0n) is 10.2. The molecule has 0 bridgehead atoms. The van der Waals surface area contributed by atoms with Crippen LogP contribution in [0.15, 0.2) is 18.2 Å². The van der Waals surface area contributed by atoms with Gasteiger partial charge in [0.05, 0.1) is 6.54 Å². The number of benzene rings is 1. The summed E-state index contributed by atoms with van der Waals surface area (Å²) in [6, 6.07) is 4.95. The Bertz CT molecular complexity index is 428. The van der Waals surface area contributed by atoms with Crippen LogP contribution < -0.4 is 5.32 Å². The van der Waals surface area contributed by atoms with Gasteiger partial charge in [-0.25, -0.2) is 4.39 Å². The topological polar surface area (TPSA) is 32.3 Å². The molecular weight excluding hydrogens is 255 g/mol. The molecule has 0 aliphatic heterocycles. The van der Waals surface area contributed by atoms with Gasteiger partial charge >= 0.3 is 0 Å². The standard InChI is InChI=1S/C13H16ClFN2O/c1-17(8-13(18)16-9-5-6-9)7-10-11(14)3-2-4-12(10)15/h2-4,9H,5-8H2,1H3,(H,16,18). The van der Waals surface area contributed by atoms with Crippen LogP contribution in [0.2, 0.25) is 5.02 Å². The van der Waals surface area contributed by atoms with E-state index in [-0.39, 0.29) is 18.3 Å². The Hall–Kier alpha value is -1.13. The van der Waals surface area contributed by atoms with Crippen molar-refractivity contribution in [2.45, 2.75) is 25.4 Å². The van der Waals surface area contributed by atoms with Crippen molar-refractivity contribution < 1.29 is 9.18 Å². The Labute approximate surface area is 111 Å². The van der Waals surface area contributed by atoms with Gasteiger partial charge in [0.25, 0.3) is 0 Å². The minimum absolute atomic E-state index is 0.0209. The summed E-state index contributed by atoms with van der Waals surface area (Å²) < 4.78 is 13.6. The van der Waals surface area contributed by atoms with E-state index in [1.54, 1.807) is 24.1 Å². The first-order valence-corrected chi connectivity index (χ1v) is 6.35. The summed E-state index contributed by atoms with van der Waals surface area (Å²) in [6.45, 7) is 0.574. The van der Waals surface area contributed by atoms with Crippen LogP contribution >= 0.6 is 11.6 Å². The van der Waals surface area contributed by atoms with Gasteiger partial charge in [0.1, 0.15) is 5.82 Å². The molecule has 1 fully saturated rings. The quantitative estimate of drug-likeness (QED) is 0.890. The Morgan fingerprint density at radius 3 is 2.89 bits per heavy atom. The van der Waals surface area contributed by atoms with Crippen LogP contribution in [-0.4, -0.2) is 30.4 Å². The summed E-state index contributed by atoms with van der Waals surface area (Å²) >= 11 is 5.94. The van der Waals surface area contributed by atoms with Crippen molar-refractivity contribution in [2.75, 3.05) is 13.6 Å². The molecule has 1 amide bonds. The lowest BCUT2D eigenvalue weighted by molar-refractivity contribution is -0.122. The van der Waals surface area contributed by atoms with Crippen molar-refractivity contribution in [3.05, 3.63) is 34.6 Å². The van der Waals surface area contributed by atoms with Gasteiger partial charge in [0.15, 0.2) is 0 Å². The predicted octanol–water partition coefficient (Wildman–Crippen LogP) is 2.19. The minimum atomic E-state index is -0.336. The third-order valence-corrected chi connectivity index (χ3v) is 3.20. The molecule has 0 saturated heterocycles. The third kappa shape index (κ3) is 3.68. The monoisotopic (exact) mass is 270 g/mol. The van der Waals surface area contributed by atoms with Crippen molar-refractivity contribution in [3.8, 4) is 0 Å². The van der Waals surface area contributed by atoms with Crippen molar-refractivity contribution in [1.29, 1.82) is 0 Å². The van der Waals surface area contributed by atoms with Crippen LogP contribution in [0, 0.1) is 5.82 Å². The van der Waals surface area contributed by atoms with Crippen LogP contribution in [0.25, 0.3) is 0 Å². The summed E-state index contributed by atoms with van der Waals surface area (Å²) in [5.41, 5.74) is 0.431. The highest BCUT2D eigenvalue weighted by atomic mass is 35.5. The smallest absolute Gasteiger partial charge is 0.234 e. The Morgan fingerprint density at radius 2 is 2.28 bits per heavy atom. The number of nitrogens with one attached hydrogen (secondary N) is 1. The number of rotatable bonds is 5. The maximum atomic E-state index is 13.6. The highest BCUT2D eigenvalue weighted by Crippen LogP contribution is 2.20. The summed E-state index contributed by atoms with van der Waals surface area (Å²) in [5, 5.41) is 3.29. The van der Waals surface area contributed by atoms with Crippen LogP contribution in [0.3, 0.4) is 0 Å². The van der Waals surface area contributed by atoms with Crippen molar-refractivity contribution in [2.24, 2.45) is 0 Å². The highest BCUT2D eigenvalue weighted by Gasteiger charge is 2.23. The number of hydrogen-bond acceptors (Lipinski definition) is 2. The lowest BCUT2D eigenvalue weighted by Crippen LogP contribution is -2.36. The van der Waals surface area contributed by atoms with Crippen LogP contribution in [-0.2, 0) is 11.3 Å². The molecule has 0 spiro atoms. The fraction of sp³-hybridized carbons (Fsp3) is 0.462. The maximum absolute atomic E-state index is 13.6. The molecule has 2 rings (SSSR count). The van der Waals surface area contributed by atoms with E-state index in [0.29, 0.717) is 23.2 Å². The van der Waals surface area contributed by atoms with Gasteiger partial charge in [0.2, 0.25) is 5.91 Å². The molecule has 3 nitrogen and oxygen atoms in total. The summed E-state index contributed by atoms with van der Waals surface area (Å²) in [6.07, 6.45) is 2.13. The number of halogens is 2. The molecule has 1 aliphatic rings. The zero-order chi connectivity index (χ0) is 13.1. The van der Waals surface area contributed by atoms with Gasteiger partial charge in [-0.15, -0.1) is 0 Å². The SMILES string of the molecule is CN(CC(=O)NC1CC1)Cc1c(F)cccc1Cl. The number of hydrogen-bond donors (Lipinski definition) is 1. The Morgan fingerprint density at radius 1 is 1.56 bits per heavy atom. The van der Waals surface area contributed by atoms with Gasteiger partial charge in [-0.05, 0) is 32.0 Å². The highest BCUT2D eigenvalue weighted by molar-refractivity contribution is 6.31. The molecule has 1 N–H and O–H groups in total. The summed E-state index contributed by atoms with van der Waals surface area (Å²) in [5.74, 6) is -0.357. The first-order valence-electron chi connectivity index (χ1n) is 5.97. The average Bonchev–Trinajstić information content (AvgIpc) is 3.07. The molecule has 18 heavy (non-hydrogen) atoms. The van der Waals surface area contributed by atoms with Gasteiger partial charge in [-0.2, -0.15) is 0 Å². The lowest BCUT2D eigenvalue weighted by Gasteiger charge is -2.17. The molecule has 5 heteroatoms. The molecule has 1 aromatic carbocycles. The average molecular weight is 271 g/mol. The molecule has 1 saturated carbocycles. The fourth-order valence-corrected chi connectivity index (χ4v) is 1.98. The second-order valence-electron chi connectivity index (χ2n) is 4.71. The fourth-order valence-electron chi connectivity index (χ4n) is 1.76. The second-order valence-corrected chi connectivity index (χ2v) is 5.12. The summed E-state index contributed by atoms with van der Waals surface area (Å²) in [4.78, 5) is 13.3. The summed E-state index contributed by atoms with van der Waals surface area (Å²) in [7, 11) is 1.77. The van der Waals surface area contributed by atoms with Crippen molar-refractivity contribution in [1.82, 2.24) is 10.2 Å². The van der Waals surface area contributed by atoms with Gasteiger partial charge in [0, 0.05) is 23.2 Å². The van der Waals surface area contributed by atoms with Crippen LogP contribution in [0.1, 0.15) is 18.4 Å². The molecule has 0 atom stereocenters. The maximum Gasteiger partial charge on any atom is 0.234 e. The largest absolute Gasteiger partial charge is 0.352 e. The first kappa shape index (κ1) is 13.3. The van der Waals surface area contributed by atoms with Crippen molar-refractivity contribution >= 4 is 17.5 Å². The van der Waals surface area contributed by atoms with E-state index < -0.39 is 0 Å². The Kier molecular flexibility index (Phi) is 4.19. The Balaban J connectivity index is 1.89. The number of likely N-dealkylation sites (N-methyl/N-ethyl adjacent to an activating group) is 1. The first-order chi connectivity index (χ1) is 8.56. The van der Waals surface area contributed by atoms with Crippen LogP contribution in [0.4, 0.5) is 4.39 Å². The number of carbonyl (C=O) groups is 1. The molecule has 0 aromatic heterocycles. The zero-order valence-corrected chi connectivity index (χ0v) is 11.0. The van der Waals surface area contributed by atoms with E-state index in [1.807, 2.05) is 0 Å². The van der Waals surface area contributed by atoms with Gasteiger partial charge < -0.3 is 5.32 Å².